The van der Waals surface area contributed by atoms with E-state index in [2.05, 4.69) is 5.32 Å². The van der Waals surface area contributed by atoms with E-state index in [1.165, 1.54) is 11.3 Å². The molecule has 16 heavy (non-hydrogen) atoms. The second-order valence-electron chi connectivity index (χ2n) is 4.70. The quantitative estimate of drug-likeness (QED) is 0.856. The molecule has 0 saturated heterocycles. The summed E-state index contributed by atoms with van der Waals surface area (Å²) >= 11 is 7.03. The summed E-state index contributed by atoms with van der Waals surface area (Å²) in [4.78, 5) is 12.4. The molecule has 1 aromatic rings. The maximum atomic E-state index is 11.8. The minimum Gasteiger partial charge on any atom is -0.392 e. The number of halogens is 1. The van der Waals surface area contributed by atoms with Gasteiger partial charge in [0.1, 0.15) is 0 Å². The first-order valence-electron chi connectivity index (χ1n) is 5.15. The van der Waals surface area contributed by atoms with Crippen molar-refractivity contribution in [2.24, 2.45) is 5.41 Å². The molecule has 1 amide bonds. The molecular formula is C11H14ClNO2S. The van der Waals surface area contributed by atoms with Crippen LogP contribution < -0.4 is 5.32 Å². The van der Waals surface area contributed by atoms with Gasteiger partial charge in [-0.25, -0.2) is 0 Å². The summed E-state index contributed by atoms with van der Waals surface area (Å²) in [6, 6.07) is 3.46. The lowest BCUT2D eigenvalue weighted by Gasteiger charge is -2.49. The highest BCUT2D eigenvalue weighted by atomic mass is 35.5. The summed E-state index contributed by atoms with van der Waals surface area (Å²) in [7, 11) is 0. The number of hydrogen-bond donors (Lipinski definition) is 2. The van der Waals surface area contributed by atoms with Crippen LogP contribution in [0.3, 0.4) is 0 Å². The fourth-order valence-electron chi connectivity index (χ4n) is 1.81. The molecule has 2 unspecified atom stereocenters. The Morgan fingerprint density at radius 2 is 2.31 bits per heavy atom. The Morgan fingerprint density at radius 1 is 1.62 bits per heavy atom. The van der Waals surface area contributed by atoms with Crippen LogP contribution in [0.15, 0.2) is 12.1 Å². The van der Waals surface area contributed by atoms with E-state index in [1.807, 2.05) is 13.8 Å². The van der Waals surface area contributed by atoms with Gasteiger partial charge >= 0.3 is 0 Å². The van der Waals surface area contributed by atoms with E-state index in [4.69, 9.17) is 11.6 Å². The molecule has 0 radical (unpaired) electrons. The standard InChI is InChI=1S/C11H14ClNO2S/c1-11(2)7(5-8(11)14)13-10(15)6-3-4-9(12)16-6/h3-4,7-8,14H,5H2,1-2H3,(H,13,15). The van der Waals surface area contributed by atoms with E-state index in [1.54, 1.807) is 12.1 Å². The fraction of sp³-hybridized carbons (Fsp3) is 0.545. The number of thiophene rings is 1. The van der Waals surface area contributed by atoms with Crippen molar-refractivity contribution in [2.75, 3.05) is 0 Å². The molecule has 1 aliphatic carbocycles. The summed E-state index contributed by atoms with van der Waals surface area (Å²) in [6.07, 6.45) is 0.294. The predicted molar refractivity (Wildman–Crippen MR) is 65.0 cm³/mol. The highest BCUT2D eigenvalue weighted by Gasteiger charge is 2.48. The molecule has 0 bridgehead atoms. The number of carbonyl (C=O) groups excluding carboxylic acids is 1. The molecule has 2 atom stereocenters. The Labute approximate surface area is 103 Å². The third-order valence-electron chi connectivity index (χ3n) is 3.32. The molecule has 1 aromatic heterocycles. The lowest BCUT2D eigenvalue weighted by molar-refractivity contribution is -0.0689. The molecule has 1 fully saturated rings. The molecule has 0 aliphatic heterocycles. The van der Waals surface area contributed by atoms with E-state index in [9.17, 15) is 9.90 Å². The van der Waals surface area contributed by atoms with Gasteiger partial charge in [0.2, 0.25) is 0 Å². The van der Waals surface area contributed by atoms with E-state index in [0.717, 1.165) is 0 Å². The number of nitrogens with one attached hydrogen (secondary N) is 1. The summed E-state index contributed by atoms with van der Waals surface area (Å²) in [5, 5.41) is 12.5. The monoisotopic (exact) mass is 259 g/mol. The molecule has 0 spiro atoms. The normalized spacial score (nSPS) is 27.2. The predicted octanol–water partition coefficient (Wildman–Crippen LogP) is 2.29. The fourth-order valence-corrected chi connectivity index (χ4v) is 2.76. The third-order valence-corrected chi connectivity index (χ3v) is 4.55. The molecule has 0 aromatic carbocycles. The Balaban J connectivity index is 1.99. The highest BCUT2D eigenvalue weighted by Crippen LogP contribution is 2.40. The Hall–Kier alpha value is -0.580. The molecule has 1 heterocycles. The van der Waals surface area contributed by atoms with Gasteiger partial charge in [-0.05, 0) is 18.6 Å². The number of aliphatic hydroxyl groups is 1. The largest absolute Gasteiger partial charge is 0.392 e. The van der Waals surface area contributed by atoms with Gasteiger partial charge in [0, 0.05) is 11.5 Å². The maximum Gasteiger partial charge on any atom is 0.261 e. The van der Waals surface area contributed by atoms with Crippen LogP contribution >= 0.6 is 22.9 Å². The van der Waals surface area contributed by atoms with Gasteiger partial charge in [0.15, 0.2) is 0 Å². The van der Waals surface area contributed by atoms with Crippen LogP contribution in [0.25, 0.3) is 0 Å². The van der Waals surface area contributed by atoms with Crippen LogP contribution in [0.5, 0.6) is 0 Å². The zero-order chi connectivity index (χ0) is 11.9. The first-order valence-corrected chi connectivity index (χ1v) is 6.35. The van der Waals surface area contributed by atoms with Crippen molar-refractivity contribution in [2.45, 2.75) is 32.4 Å². The first-order chi connectivity index (χ1) is 7.41. The SMILES string of the molecule is CC1(C)C(O)CC1NC(=O)c1ccc(Cl)s1. The van der Waals surface area contributed by atoms with Crippen LogP contribution in [-0.4, -0.2) is 23.2 Å². The Bertz CT molecular complexity index is 416. The number of carbonyl (C=O) groups is 1. The summed E-state index contributed by atoms with van der Waals surface area (Å²) < 4.78 is 0.609. The van der Waals surface area contributed by atoms with E-state index in [-0.39, 0.29) is 23.5 Å². The second-order valence-corrected chi connectivity index (χ2v) is 6.42. The van der Waals surface area contributed by atoms with Crippen LogP contribution in [0.2, 0.25) is 4.34 Å². The van der Waals surface area contributed by atoms with E-state index in [0.29, 0.717) is 15.6 Å². The van der Waals surface area contributed by atoms with Crippen molar-refractivity contribution >= 4 is 28.8 Å². The van der Waals surface area contributed by atoms with Gasteiger partial charge in [0.05, 0.1) is 15.3 Å². The average Bonchev–Trinajstić information content (AvgIpc) is 2.64. The molecular weight excluding hydrogens is 246 g/mol. The van der Waals surface area contributed by atoms with E-state index < -0.39 is 0 Å². The topological polar surface area (TPSA) is 49.3 Å². The maximum absolute atomic E-state index is 11.8. The van der Waals surface area contributed by atoms with Gasteiger partial charge in [-0.1, -0.05) is 25.4 Å². The Kier molecular flexibility index (Phi) is 2.99. The van der Waals surface area contributed by atoms with Crippen LogP contribution in [0.1, 0.15) is 29.9 Å². The number of aliphatic hydroxyl groups excluding tert-OH is 1. The van der Waals surface area contributed by atoms with Crippen molar-refractivity contribution in [1.82, 2.24) is 5.32 Å². The van der Waals surface area contributed by atoms with Crippen molar-refractivity contribution in [3.8, 4) is 0 Å². The minimum absolute atomic E-state index is 0.0378. The molecule has 2 N–H and O–H groups in total. The second kappa shape index (κ2) is 4.02. The summed E-state index contributed by atoms with van der Waals surface area (Å²) in [5.41, 5.74) is -0.239. The van der Waals surface area contributed by atoms with Gasteiger partial charge < -0.3 is 10.4 Å². The lowest BCUT2D eigenvalue weighted by Crippen LogP contribution is -2.61. The van der Waals surface area contributed by atoms with Crippen LogP contribution in [0.4, 0.5) is 0 Å². The van der Waals surface area contributed by atoms with Crippen molar-refractivity contribution in [1.29, 1.82) is 0 Å². The zero-order valence-corrected chi connectivity index (χ0v) is 10.7. The van der Waals surface area contributed by atoms with Crippen LogP contribution in [0, 0.1) is 5.41 Å². The minimum atomic E-state index is -0.329. The first kappa shape index (κ1) is 11.9. The number of amides is 1. The molecule has 1 saturated carbocycles. The molecule has 1 aliphatic rings. The van der Waals surface area contributed by atoms with Crippen molar-refractivity contribution in [3.63, 3.8) is 0 Å². The number of rotatable bonds is 2. The smallest absolute Gasteiger partial charge is 0.261 e. The zero-order valence-electron chi connectivity index (χ0n) is 9.16. The van der Waals surface area contributed by atoms with Gasteiger partial charge in [0.25, 0.3) is 5.91 Å². The number of hydrogen-bond acceptors (Lipinski definition) is 3. The van der Waals surface area contributed by atoms with Gasteiger partial charge in [-0.2, -0.15) is 0 Å². The summed E-state index contributed by atoms with van der Waals surface area (Å²) in [5.74, 6) is -0.109. The van der Waals surface area contributed by atoms with Gasteiger partial charge in [-0.15, -0.1) is 11.3 Å². The molecule has 5 heteroatoms. The lowest BCUT2D eigenvalue weighted by atomic mass is 9.64. The summed E-state index contributed by atoms with van der Waals surface area (Å²) in [6.45, 7) is 3.90. The average molecular weight is 260 g/mol. The van der Waals surface area contributed by atoms with E-state index >= 15 is 0 Å². The molecule has 3 nitrogen and oxygen atoms in total. The highest BCUT2D eigenvalue weighted by molar-refractivity contribution is 7.17. The van der Waals surface area contributed by atoms with Crippen molar-refractivity contribution in [3.05, 3.63) is 21.3 Å². The van der Waals surface area contributed by atoms with Crippen molar-refractivity contribution < 1.29 is 9.90 Å². The molecule has 88 valence electrons. The molecule has 2 rings (SSSR count). The third kappa shape index (κ3) is 1.97. The van der Waals surface area contributed by atoms with Crippen LogP contribution in [-0.2, 0) is 0 Å². The van der Waals surface area contributed by atoms with Gasteiger partial charge in [-0.3, -0.25) is 4.79 Å². The Morgan fingerprint density at radius 3 is 2.75 bits per heavy atom.